The third-order valence-electron chi connectivity index (χ3n) is 3.22. The maximum absolute atomic E-state index is 11.8. The van der Waals surface area contributed by atoms with Crippen LogP contribution in [0.25, 0.3) is 0 Å². The lowest BCUT2D eigenvalue weighted by Crippen LogP contribution is -2.31. The number of carbonyl (C=O) groups excluding carboxylic acids is 1. The number of carbonyl (C=O) groups is 1. The van der Waals surface area contributed by atoms with Crippen molar-refractivity contribution in [3.8, 4) is 5.75 Å². The predicted octanol–water partition coefficient (Wildman–Crippen LogP) is 1.94. The molecule has 0 fully saturated rings. The fraction of sp³-hybridized carbons (Fsp3) is 0.562. The van der Waals surface area contributed by atoms with Crippen molar-refractivity contribution < 1.29 is 9.53 Å². The maximum Gasteiger partial charge on any atom is 0.225 e. The summed E-state index contributed by atoms with van der Waals surface area (Å²) >= 11 is 0. The second kappa shape index (κ2) is 8.64. The lowest BCUT2D eigenvalue weighted by molar-refractivity contribution is -0.116. The normalized spacial score (nSPS) is 12.5. The molecule has 3 N–H and O–H groups in total. The molecule has 0 spiro atoms. The number of nitrogens with zero attached hydrogens (tertiary/aromatic N) is 1. The van der Waals surface area contributed by atoms with Crippen molar-refractivity contribution in [1.29, 1.82) is 0 Å². The van der Waals surface area contributed by atoms with E-state index in [4.69, 9.17) is 10.5 Å². The molecule has 0 bridgehead atoms. The van der Waals surface area contributed by atoms with Crippen LogP contribution < -0.4 is 15.8 Å². The molecule has 0 saturated heterocycles. The van der Waals surface area contributed by atoms with E-state index in [1.807, 2.05) is 52.2 Å². The van der Waals surface area contributed by atoms with E-state index in [1.165, 1.54) is 0 Å². The number of anilines is 1. The van der Waals surface area contributed by atoms with Crippen LogP contribution in [0.4, 0.5) is 5.69 Å². The van der Waals surface area contributed by atoms with Crippen LogP contribution in [0, 0.1) is 5.92 Å². The lowest BCUT2D eigenvalue weighted by atomic mass is 10.0. The molecule has 0 aliphatic heterocycles. The Bertz CT molecular complexity index is 430. The van der Waals surface area contributed by atoms with Crippen LogP contribution in [0.5, 0.6) is 5.75 Å². The quantitative estimate of drug-likeness (QED) is 0.768. The Morgan fingerprint density at radius 1 is 1.29 bits per heavy atom. The third-order valence-corrected chi connectivity index (χ3v) is 3.22. The van der Waals surface area contributed by atoms with Gasteiger partial charge in [-0.05, 0) is 44.3 Å². The van der Waals surface area contributed by atoms with Crippen LogP contribution >= 0.6 is 0 Å². The zero-order valence-corrected chi connectivity index (χ0v) is 13.4. The van der Waals surface area contributed by atoms with Crippen LogP contribution in [0.1, 0.15) is 20.3 Å². The van der Waals surface area contributed by atoms with Gasteiger partial charge in [0.25, 0.3) is 0 Å². The number of benzene rings is 1. The molecule has 1 aromatic rings. The Morgan fingerprint density at radius 3 is 2.43 bits per heavy atom. The predicted molar refractivity (Wildman–Crippen MR) is 86.6 cm³/mol. The van der Waals surface area contributed by atoms with Gasteiger partial charge in [-0.1, -0.05) is 13.8 Å². The van der Waals surface area contributed by atoms with E-state index in [0.717, 1.165) is 18.0 Å². The number of rotatable bonds is 8. The summed E-state index contributed by atoms with van der Waals surface area (Å²) in [6.45, 7) is 5.53. The molecule has 1 aromatic carbocycles. The van der Waals surface area contributed by atoms with E-state index in [-0.39, 0.29) is 11.9 Å². The maximum atomic E-state index is 11.8. The molecule has 118 valence electrons. The molecule has 1 rings (SSSR count). The zero-order chi connectivity index (χ0) is 15.8. The van der Waals surface area contributed by atoms with Crippen molar-refractivity contribution in [2.45, 2.75) is 26.3 Å². The first kappa shape index (κ1) is 17.5. The standard InChI is InChI=1S/C16H27N3O2/c1-12(2)15(17)11-16(20)18-13-5-7-14(8-6-13)21-10-9-19(3)4/h5-8,12,15H,9-11,17H2,1-4H3,(H,18,20). The van der Waals surface area contributed by atoms with Gasteiger partial charge in [-0.25, -0.2) is 0 Å². The molecule has 1 unspecified atom stereocenters. The van der Waals surface area contributed by atoms with Gasteiger partial charge in [0, 0.05) is 24.7 Å². The third kappa shape index (κ3) is 7.11. The van der Waals surface area contributed by atoms with Crippen LogP contribution in [-0.2, 0) is 4.79 Å². The van der Waals surface area contributed by atoms with E-state index in [0.29, 0.717) is 18.9 Å². The summed E-state index contributed by atoms with van der Waals surface area (Å²) in [5, 5.41) is 2.85. The van der Waals surface area contributed by atoms with Crippen molar-refractivity contribution in [2.24, 2.45) is 11.7 Å². The first-order chi connectivity index (χ1) is 9.88. The van der Waals surface area contributed by atoms with E-state index in [9.17, 15) is 4.79 Å². The monoisotopic (exact) mass is 293 g/mol. The highest BCUT2D eigenvalue weighted by Crippen LogP contribution is 2.16. The molecular weight excluding hydrogens is 266 g/mol. The van der Waals surface area contributed by atoms with Crippen LogP contribution in [0.15, 0.2) is 24.3 Å². The molecule has 5 nitrogen and oxygen atoms in total. The Hall–Kier alpha value is -1.59. The largest absolute Gasteiger partial charge is 0.492 e. The van der Waals surface area contributed by atoms with Gasteiger partial charge in [0.1, 0.15) is 12.4 Å². The Morgan fingerprint density at radius 2 is 1.90 bits per heavy atom. The Kier molecular flexibility index (Phi) is 7.19. The minimum absolute atomic E-state index is 0.0579. The van der Waals surface area contributed by atoms with Crippen molar-refractivity contribution in [3.63, 3.8) is 0 Å². The smallest absolute Gasteiger partial charge is 0.225 e. The van der Waals surface area contributed by atoms with Crippen molar-refractivity contribution in [3.05, 3.63) is 24.3 Å². The number of hydrogen-bond donors (Lipinski definition) is 2. The summed E-state index contributed by atoms with van der Waals surface area (Å²) in [6, 6.07) is 7.27. The molecule has 1 atom stereocenters. The molecule has 1 amide bonds. The fourth-order valence-electron chi connectivity index (χ4n) is 1.64. The summed E-state index contributed by atoms with van der Waals surface area (Å²) in [7, 11) is 4.01. The van der Waals surface area contributed by atoms with Crippen LogP contribution in [0.2, 0.25) is 0 Å². The van der Waals surface area contributed by atoms with Gasteiger partial charge < -0.3 is 20.7 Å². The highest BCUT2D eigenvalue weighted by molar-refractivity contribution is 5.91. The number of amides is 1. The summed E-state index contributed by atoms with van der Waals surface area (Å²) in [4.78, 5) is 13.9. The van der Waals surface area contributed by atoms with Gasteiger partial charge in [0.15, 0.2) is 0 Å². The number of nitrogens with one attached hydrogen (secondary N) is 1. The number of hydrogen-bond acceptors (Lipinski definition) is 4. The number of ether oxygens (including phenoxy) is 1. The van der Waals surface area contributed by atoms with E-state index >= 15 is 0 Å². The molecule has 21 heavy (non-hydrogen) atoms. The minimum Gasteiger partial charge on any atom is -0.492 e. The first-order valence-electron chi connectivity index (χ1n) is 7.31. The number of nitrogens with two attached hydrogens (primary N) is 1. The van der Waals surface area contributed by atoms with Crippen LogP contribution in [0.3, 0.4) is 0 Å². The minimum atomic E-state index is -0.112. The summed E-state index contributed by atoms with van der Waals surface area (Å²) < 4.78 is 5.60. The molecule has 0 heterocycles. The van der Waals surface area contributed by atoms with Gasteiger partial charge in [-0.3, -0.25) is 4.79 Å². The second-order valence-electron chi connectivity index (χ2n) is 5.84. The van der Waals surface area contributed by atoms with Crippen molar-refractivity contribution >= 4 is 11.6 Å². The van der Waals surface area contributed by atoms with Gasteiger partial charge in [0.05, 0.1) is 0 Å². The summed E-state index contributed by atoms with van der Waals surface area (Å²) in [6.07, 6.45) is 0.332. The molecule has 0 aliphatic rings. The molecular formula is C16H27N3O2. The number of likely N-dealkylation sites (N-methyl/N-ethyl adjacent to an activating group) is 1. The van der Waals surface area contributed by atoms with Crippen molar-refractivity contribution in [1.82, 2.24) is 4.90 Å². The van der Waals surface area contributed by atoms with Crippen molar-refractivity contribution in [2.75, 3.05) is 32.6 Å². The summed E-state index contributed by atoms with van der Waals surface area (Å²) in [5.74, 6) is 1.04. The van der Waals surface area contributed by atoms with E-state index in [2.05, 4.69) is 10.2 Å². The summed E-state index contributed by atoms with van der Waals surface area (Å²) in [5.41, 5.74) is 6.65. The molecule has 0 aliphatic carbocycles. The second-order valence-corrected chi connectivity index (χ2v) is 5.84. The molecule has 0 radical (unpaired) electrons. The molecule has 5 heteroatoms. The zero-order valence-electron chi connectivity index (χ0n) is 13.4. The molecule has 0 aromatic heterocycles. The van der Waals surface area contributed by atoms with Gasteiger partial charge in [-0.2, -0.15) is 0 Å². The highest BCUT2D eigenvalue weighted by Gasteiger charge is 2.12. The van der Waals surface area contributed by atoms with E-state index in [1.54, 1.807) is 0 Å². The average molecular weight is 293 g/mol. The highest BCUT2D eigenvalue weighted by atomic mass is 16.5. The topological polar surface area (TPSA) is 67.6 Å². The fourth-order valence-corrected chi connectivity index (χ4v) is 1.64. The van der Waals surface area contributed by atoms with Gasteiger partial charge >= 0.3 is 0 Å². The Labute approximate surface area is 127 Å². The van der Waals surface area contributed by atoms with E-state index < -0.39 is 0 Å². The average Bonchev–Trinajstić information content (AvgIpc) is 2.40. The van der Waals surface area contributed by atoms with Crippen LogP contribution in [-0.4, -0.2) is 44.1 Å². The molecule has 0 saturated carbocycles. The SMILES string of the molecule is CC(C)C(N)CC(=O)Nc1ccc(OCCN(C)C)cc1. The Balaban J connectivity index is 2.41. The first-order valence-corrected chi connectivity index (χ1v) is 7.31. The lowest BCUT2D eigenvalue weighted by Gasteiger charge is -2.15. The van der Waals surface area contributed by atoms with Gasteiger partial charge in [0.2, 0.25) is 5.91 Å². The van der Waals surface area contributed by atoms with Gasteiger partial charge in [-0.15, -0.1) is 0 Å².